The van der Waals surface area contributed by atoms with Gasteiger partial charge in [-0.1, -0.05) is 0 Å². The Labute approximate surface area is 150 Å². The van der Waals surface area contributed by atoms with Crippen LogP contribution in [0.3, 0.4) is 0 Å². The van der Waals surface area contributed by atoms with Gasteiger partial charge in [-0.15, -0.1) is 0 Å². The Morgan fingerprint density at radius 1 is 1.36 bits per heavy atom. The number of imidazole rings is 1. The number of rotatable bonds is 4. The molecular weight excluding hydrogens is 392 g/mol. The predicted octanol–water partition coefficient (Wildman–Crippen LogP) is 3.57. The number of amides is 1. The molecule has 0 saturated heterocycles. The number of pyridine rings is 1. The fraction of sp³-hybridized carbons (Fsp3) is 0.125. The van der Waals surface area contributed by atoms with Crippen LogP contribution >= 0.6 is 15.9 Å². The van der Waals surface area contributed by atoms with Gasteiger partial charge in [0.2, 0.25) is 0 Å². The number of methoxy groups -OCH3 is 1. The zero-order chi connectivity index (χ0) is 18.1. The van der Waals surface area contributed by atoms with E-state index in [2.05, 4.69) is 26.2 Å². The van der Waals surface area contributed by atoms with E-state index in [9.17, 15) is 14.9 Å². The third-order valence-electron chi connectivity index (χ3n) is 3.61. The Bertz CT molecular complexity index is 999. The van der Waals surface area contributed by atoms with Crippen LogP contribution in [-0.4, -0.2) is 27.3 Å². The Morgan fingerprint density at radius 2 is 2.12 bits per heavy atom. The molecule has 1 aromatic carbocycles. The number of carbonyl (C=O) groups excluding carboxylic acids is 1. The number of hydrogen-bond donors (Lipinski definition) is 1. The Balaban J connectivity index is 2.03. The molecule has 1 amide bonds. The molecule has 0 aliphatic heterocycles. The summed E-state index contributed by atoms with van der Waals surface area (Å²) in [4.78, 5) is 27.5. The Morgan fingerprint density at radius 3 is 2.80 bits per heavy atom. The maximum Gasteiger partial charge on any atom is 0.274 e. The van der Waals surface area contributed by atoms with Crippen molar-refractivity contribution in [2.45, 2.75) is 6.92 Å². The third kappa shape index (κ3) is 3.18. The highest BCUT2D eigenvalue weighted by Gasteiger charge is 2.20. The minimum Gasteiger partial charge on any atom is -0.495 e. The van der Waals surface area contributed by atoms with E-state index in [-0.39, 0.29) is 11.4 Å². The number of benzene rings is 1. The van der Waals surface area contributed by atoms with Crippen LogP contribution < -0.4 is 10.1 Å². The van der Waals surface area contributed by atoms with Gasteiger partial charge >= 0.3 is 0 Å². The number of anilines is 1. The van der Waals surface area contributed by atoms with Crippen molar-refractivity contribution >= 4 is 38.9 Å². The number of nitrogens with one attached hydrogen (secondary N) is 1. The minimum absolute atomic E-state index is 0.145. The topological polar surface area (TPSA) is 98.8 Å². The molecular formula is C16H13BrN4O4. The molecule has 128 valence electrons. The second-order valence-corrected chi connectivity index (χ2v) is 6.13. The number of hydrogen-bond acceptors (Lipinski definition) is 5. The van der Waals surface area contributed by atoms with Crippen molar-refractivity contribution in [3.8, 4) is 5.75 Å². The SMILES string of the molecule is COc1ccc([N+](=O)[O-])cc1NC(=O)c1c(C)nc2ccc(Br)cn12. The van der Waals surface area contributed by atoms with E-state index < -0.39 is 10.8 Å². The maximum absolute atomic E-state index is 12.8. The molecule has 25 heavy (non-hydrogen) atoms. The van der Waals surface area contributed by atoms with Crippen molar-refractivity contribution in [1.29, 1.82) is 0 Å². The average molecular weight is 405 g/mol. The van der Waals surface area contributed by atoms with Crippen molar-refractivity contribution < 1.29 is 14.5 Å². The van der Waals surface area contributed by atoms with Gasteiger partial charge in [-0.05, 0) is 41.1 Å². The zero-order valence-electron chi connectivity index (χ0n) is 13.3. The lowest BCUT2D eigenvalue weighted by Gasteiger charge is -2.10. The second kappa shape index (κ2) is 6.52. The molecule has 0 bridgehead atoms. The van der Waals surface area contributed by atoms with Crippen LogP contribution in [0.25, 0.3) is 5.65 Å². The molecule has 9 heteroatoms. The monoisotopic (exact) mass is 404 g/mol. The molecule has 8 nitrogen and oxygen atoms in total. The zero-order valence-corrected chi connectivity index (χ0v) is 14.9. The molecule has 2 heterocycles. The molecule has 3 rings (SSSR count). The van der Waals surface area contributed by atoms with E-state index >= 15 is 0 Å². The van der Waals surface area contributed by atoms with E-state index in [1.165, 1.54) is 25.3 Å². The van der Waals surface area contributed by atoms with Crippen LogP contribution in [0.4, 0.5) is 11.4 Å². The molecule has 0 atom stereocenters. The van der Waals surface area contributed by atoms with Crippen LogP contribution in [0.2, 0.25) is 0 Å². The number of halogens is 1. The largest absolute Gasteiger partial charge is 0.495 e. The summed E-state index contributed by atoms with van der Waals surface area (Å²) < 4.78 is 7.61. The standard InChI is InChI=1S/C16H13BrN4O4/c1-9-15(20-8-10(17)3-6-14(20)18-9)16(22)19-12-7-11(21(23)24)4-5-13(12)25-2/h3-8H,1-2H3,(H,19,22). The molecule has 0 spiro atoms. The number of ether oxygens (including phenoxy) is 1. The third-order valence-corrected chi connectivity index (χ3v) is 4.08. The summed E-state index contributed by atoms with van der Waals surface area (Å²) in [6, 6.07) is 7.61. The van der Waals surface area contributed by atoms with E-state index in [0.717, 1.165) is 4.47 Å². The molecule has 0 radical (unpaired) electrons. The summed E-state index contributed by atoms with van der Waals surface area (Å²) in [5.41, 5.74) is 1.57. The van der Waals surface area contributed by atoms with Gasteiger partial charge in [-0.2, -0.15) is 0 Å². The first-order chi connectivity index (χ1) is 11.9. The smallest absolute Gasteiger partial charge is 0.274 e. The van der Waals surface area contributed by atoms with Gasteiger partial charge < -0.3 is 10.1 Å². The minimum atomic E-state index is -0.536. The Kier molecular flexibility index (Phi) is 4.41. The number of nitro groups is 1. The van der Waals surface area contributed by atoms with E-state index in [4.69, 9.17) is 4.74 Å². The highest BCUT2D eigenvalue weighted by atomic mass is 79.9. The number of carbonyl (C=O) groups is 1. The number of nitro benzene ring substituents is 1. The van der Waals surface area contributed by atoms with Crippen LogP contribution in [-0.2, 0) is 0 Å². The quantitative estimate of drug-likeness (QED) is 0.529. The fourth-order valence-corrected chi connectivity index (χ4v) is 2.84. The molecule has 0 aliphatic rings. The first kappa shape index (κ1) is 16.9. The van der Waals surface area contributed by atoms with E-state index in [0.29, 0.717) is 22.8 Å². The van der Waals surface area contributed by atoms with Gasteiger partial charge in [0.15, 0.2) is 0 Å². The summed E-state index contributed by atoms with van der Waals surface area (Å²) in [6.07, 6.45) is 1.73. The summed E-state index contributed by atoms with van der Waals surface area (Å²) in [6.45, 7) is 1.72. The predicted molar refractivity (Wildman–Crippen MR) is 95.2 cm³/mol. The number of fused-ring (bicyclic) bond motifs is 1. The molecule has 0 saturated carbocycles. The van der Waals surface area contributed by atoms with Crippen LogP contribution in [0.1, 0.15) is 16.2 Å². The fourth-order valence-electron chi connectivity index (χ4n) is 2.50. The normalized spacial score (nSPS) is 10.7. The Hall–Kier alpha value is -2.94. The summed E-state index contributed by atoms with van der Waals surface area (Å²) in [7, 11) is 1.42. The molecule has 1 N–H and O–H groups in total. The van der Waals surface area contributed by atoms with Gasteiger partial charge in [0.1, 0.15) is 17.1 Å². The lowest BCUT2D eigenvalue weighted by molar-refractivity contribution is -0.384. The van der Waals surface area contributed by atoms with E-state index in [1.807, 2.05) is 6.07 Å². The summed E-state index contributed by atoms with van der Waals surface area (Å²) >= 11 is 3.36. The molecule has 2 aromatic heterocycles. The highest BCUT2D eigenvalue weighted by molar-refractivity contribution is 9.10. The second-order valence-electron chi connectivity index (χ2n) is 5.22. The highest BCUT2D eigenvalue weighted by Crippen LogP contribution is 2.29. The van der Waals surface area contributed by atoms with Crippen LogP contribution in [0, 0.1) is 17.0 Å². The van der Waals surface area contributed by atoms with Crippen molar-refractivity contribution in [1.82, 2.24) is 9.38 Å². The van der Waals surface area contributed by atoms with Crippen molar-refractivity contribution in [2.75, 3.05) is 12.4 Å². The lowest BCUT2D eigenvalue weighted by Crippen LogP contribution is -2.16. The molecule has 3 aromatic rings. The number of aromatic nitrogens is 2. The van der Waals surface area contributed by atoms with Crippen molar-refractivity contribution in [3.05, 3.63) is 62.5 Å². The van der Waals surface area contributed by atoms with Gasteiger partial charge in [0.25, 0.3) is 11.6 Å². The summed E-state index contributed by atoms with van der Waals surface area (Å²) in [5.74, 6) is -0.117. The van der Waals surface area contributed by atoms with Gasteiger partial charge in [-0.25, -0.2) is 4.98 Å². The number of nitrogens with zero attached hydrogens (tertiary/aromatic N) is 3. The first-order valence-electron chi connectivity index (χ1n) is 7.18. The van der Waals surface area contributed by atoms with Gasteiger partial charge in [-0.3, -0.25) is 19.3 Å². The molecule has 0 fully saturated rings. The molecule has 0 aliphatic carbocycles. The lowest BCUT2D eigenvalue weighted by atomic mass is 10.2. The van der Waals surface area contributed by atoms with Gasteiger partial charge in [0, 0.05) is 22.8 Å². The van der Waals surface area contributed by atoms with Gasteiger partial charge in [0.05, 0.1) is 23.4 Å². The maximum atomic E-state index is 12.8. The first-order valence-corrected chi connectivity index (χ1v) is 7.98. The van der Waals surface area contributed by atoms with E-state index in [1.54, 1.807) is 23.6 Å². The van der Waals surface area contributed by atoms with Crippen LogP contribution in [0.5, 0.6) is 5.75 Å². The van der Waals surface area contributed by atoms with Crippen LogP contribution in [0.15, 0.2) is 41.0 Å². The average Bonchev–Trinajstić information content (AvgIpc) is 2.89. The number of aryl methyl sites for hydroxylation is 1. The summed E-state index contributed by atoms with van der Waals surface area (Å²) in [5, 5.41) is 13.6. The molecule has 0 unspecified atom stereocenters. The van der Waals surface area contributed by atoms with Crippen molar-refractivity contribution in [3.63, 3.8) is 0 Å². The van der Waals surface area contributed by atoms with Crippen molar-refractivity contribution in [2.24, 2.45) is 0 Å². The number of non-ortho nitro benzene ring substituents is 1.